The van der Waals surface area contributed by atoms with E-state index in [2.05, 4.69) is 6.58 Å². The monoisotopic (exact) mass is 710 g/mol. The third-order valence-electron chi connectivity index (χ3n) is 11.4. The van der Waals surface area contributed by atoms with E-state index in [4.69, 9.17) is 18.9 Å². The molecule has 5 N–H and O–H groups in total. The van der Waals surface area contributed by atoms with Gasteiger partial charge in [0.05, 0.1) is 16.7 Å². The Bertz CT molecular complexity index is 1680. The lowest BCUT2D eigenvalue weighted by atomic mass is 9.52. The highest BCUT2D eigenvalue weighted by Gasteiger charge is 2.81. The Labute approximate surface area is 295 Å². The van der Waals surface area contributed by atoms with E-state index in [1.54, 1.807) is 43.3 Å². The SMILES string of the molecule is C=C(C)C1(OC(=O)c2ccccc2)[C@H](O)[C@@H]2[C@H](O)[C@](C)(OC(=O)c3ccccc3)[C@@H](OC(C)=O)[C@@]3(O)[C@H](CC(C)[C@@H]3OC(C)=O)C2(O)[C@H](C)[C@@H]1O. The number of rotatable bonds is 7. The predicted molar refractivity (Wildman–Crippen MR) is 179 cm³/mol. The van der Waals surface area contributed by atoms with Gasteiger partial charge in [-0.2, -0.15) is 0 Å². The van der Waals surface area contributed by atoms with Crippen LogP contribution in [0.5, 0.6) is 0 Å². The van der Waals surface area contributed by atoms with Gasteiger partial charge in [0.25, 0.3) is 0 Å². The van der Waals surface area contributed by atoms with Crippen LogP contribution in [0.15, 0.2) is 72.8 Å². The molecule has 3 unspecified atom stereocenters. The molecule has 0 aliphatic heterocycles. The van der Waals surface area contributed by atoms with Gasteiger partial charge >= 0.3 is 23.9 Å². The zero-order chi connectivity index (χ0) is 37.8. The molecule has 13 nitrogen and oxygen atoms in total. The predicted octanol–water partition coefficient (Wildman–Crippen LogP) is 2.12. The lowest BCUT2D eigenvalue weighted by Gasteiger charge is -2.60. The number of benzene rings is 2. The average molecular weight is 711 g/mol. The summed E-state index contributed by atoms with van der Waals surface area (Å²) in [4.78, 5) is 52.8. The summed E-state index contributed by atoms with van der Waals surface area (Å²) in [7, 11) is 0. The van der Waals surface area contributed by atoms with E-state index in [1.165, 1.54) is 45.0 Å². The number of fused-ring (bicyclic) bond motifs is 3. The number of carbonyl (C=O) groups is 4. The van der Waals surface area contributed by atoms with E-state index in [-0.39, 0.29) is 23.1 Å². The zero-order valence-corrected chi connectivity index (χ0v) is 29.4. The lowest BCUT2D eigenvalue weighted by Crippen LogP contribution is -2.77. The van der Waals surface area contributed by atoms with Crippen LogP contribution in [-0.2, 0) is 28.5 Å². The lowest BCUT2D eigenvalue weighted by molar-refractivity contribution is -0.296. The van der Waals surface area contributed by atoms with Crippen molar-refractivity contribution in [3.05, 3.63) is 83.9 Å². The molecular weight excluding hydrogens is 664 g/mol. The Morgan fingerprint density at radius 1 is 0.725 bits per heavy atom. The first-order valence-electron chi connectivity index (χ1n) is 16.9. The van der Waals surface area contributed by atoms with Gasteiger partial charge in [0.15, 0.2) is 17.3 Å². The van der Waals surface area contributed by atoms with Crippen molar-refractivity contribution in [3.8, 4) is 0 Å². The van der Waals surface area contributed by atoms with Crippen molar-refractivity contribution < 1.29 is 63.7 Å². The number of aliphatic hydroxyl groups excluding tert-OH is 3. The first kappa shape index (κ1) is 38.1. The fourth-order valence-corrected chi connectivity index (χ4v) is 9.01. The van der Waals surface area contributed by atoms with E-state index in [0.29, 0.717) is 0 Å². The Morgan fingerprint density at radius 2 is 1.22 bits per heavy atom. The second kappa shape index (κ2) is 13.4. The molecule has 0 aromatic heterocycles. The quantitative estimate of drug-likeness (QED) is 0.159. The molecule has 13 atom stereocenters. The molecule has 0 bridgehead atoms. The van der Waals surface area contributed by atoms with Crippen molar-refractivity contribution in [2.45, 2.75) is 101 Å². The molecule has 3 saturated carbocycles. The largest absolute Gasteiger partial charge is 0.459 e. The normalized spacial score (nSPS) is 40.1. The smallest absolute Gasteiger partial charge is 0.339 e. The molecule has 13 heteroatoms. The third-order valence-corrected chi connectivity index (χ3v) is 11.4. The average Bonchev–Trinajstić information content (AvgIpc) is 3.32. The van der Waals surface area contributed by atoms with Crippen molar-refractivity contribution in [3.63, 3.8) is 0 Å². The van der Waals surface area contributed by atoms with Crippen LogP contribution < -0.4 is 0 Å². The second-order valence-corrected chi connectivity index (χ2v) is 14.5. The summed E-state index contributed by atoms with van der Waals surface area (Å²) in [6, 6.07) is 15.3. The number of hydrogen-bond donors (Lipinski definition) is 5. The highest BCUT2D eigenvalue weighted by Crippen LogP contribution is 2.64. The van der Waals surface area contributed by atoms with Crippen LogP contribution in [0.4, 0.5) is 0 Å². The summed E-state index contributed by atoms with van der Waals surface area (Å²) < 4.78 is 23.4. The maximum Gasteiger partial charge on any atom is 0.339 e. The number of esters is 4. The summed E-state index contributed by atoms with van der Waals surface area (Å²) in [5, 5.41) is 63.5. The summed E-state index contributed by atoms with van der Waals surface area (Å²) in [6.07, 6.45) is -10.0. The molecule has 5 rings (SSSR count). The van der Waals surface area contributed by atoms with E-state index in [9.17, 15) is 44.7 Å². The Morgan fingerprint density at radius 3 is 1.69 bits per heavy atom. The Balaban J connectivity index is 1.80. The minimum absolute atomic E-state index is 0.00734. The molecule has 51 heavy (non-hydrogen) atoms. The molecule has 2 aromatic carbocycles. The Hall–Kier alpha value is -4.14. The van der Waals surface area contributed by atoms with Gasteiger partial charge in [0.2, 0.25) is 0 Å². The molecule has 0 heterocycles. The molecule has 0 spiro atoms. The van der Waals surface area contributed by atoms with E-state index in [0.717, 1.165) is 13.8 Å². The van der Waals surface area contributed by atoms with Crippen LogP contribution in [0.2, 0.25) is 0 Å². The van der Waals surface area contributed by atoms with Crippen LogP contribution in [0, 0.1) is 23.7 Å². The first-order chi connectivity index (χ1) is 23.8. The van der Waals surface area contributed by atoms with Gasteiger partial charge < -0.3 is 44.5 Å². The van der Waals surface area contributed by atoms with Gasteiger partial charge in [-0.15, -0.1) is 0 Å². The van der Waals surface area contributed by atoms with Gasteiger partial charge in [-0.1, -0.05) is 56.8 Å². The highest BCUT2D eigenvalue weighted by atomic mass is 16.6. The minimum atomic E-state index is -2.61. The van der Waals surface area contributed by atoms with E-state index in [1.807, 2.05) is 0 Å². The van der Waals surface area contributed by atoms with Gasteiger partial charge in [0, 0.05) is 31.6 Å². The second-order valence-electron chi connectivity index (χ2n) is 14.5. The van der Waals surface area contributed by atoms with E-state index < -0.39 is 100 Å². The van der Waals surface area contributed by atoms with Crippen LogP contribution in [-0.4, -0.2) is 102 Å². The maximum absolute atomic E-state index is 13.8. The van der Waals surface area contributed by atoms with Crippen molar-refractivity contribution >= 4 is 23.9 Å². The van der Waals surface area contributed by atoms with Crippen molar-refractivity contribution in [2.24, 2.45) is 23.7 Å². The van der Waals surface area contributed by atoms with Gasteiger partial charge in [-0.05, 0) is 56.0 Å². The highest BCUT2D eigenvalue weighted by molar-refractivity contribution is 5.90. The molecule has 3 aliphatic carbocycles. The van der Waals surface area contributed by atoms with Crippen molar-refractivity contribution in [1.82, 2.24) is 0 Å². The standard InChI is InChI=1S/C38H46O13/c1-19(2)38(51-33(45)25-16-12-9-13-17-25)28(41)21(4)36(46)26-18-20(3)31(48-22(5)39)37(26,47)34(49-23(6)40)35(7,29(42)27(36)30(38)43)50-32(44)24-14-10-8-11-15-24/h8-17,20-21,26-31,34,41-43,46-47H,1,18H2,2-7H3/t20?,21-,26-,27+,28+,29+,30-,31+,34-,35+,36?,37-,38?/m1/s1. The number of carbonyl (C=O) groups excluding carboxylic acids is 4. The van der Waals surface area contributed by atoms with Crippen LogP contribution >= 0.6 is 0 Å². The topological polar surface area (TPSA) is 206 Å². The molecule has 2 aromatic rings. The Kier molecular flexibility index (Phi) is 10.0. The molecule has 3 fully saturated rings. The molecule has 0 saturated heterocycles. The zero-order valence-electron chi connectivity index (χ0n) is 29.4. The molecule has 0 amide bonds. The van der Waals surface area contributed by atoms with Gasteiger partial charge in [-0.3, -0.25) is 9.59 Å². The summed E-state index contributed by atoms with van der Waals surface area (Å²) in [5.74, 6) is -9.45. The fraction of sp³-hybridized carbons (Fsp3) is 0.526. The van der Waals surface area contributed by atoms with Gasteiger partial charge in [-0.25, -0.2) is 9.59 Å². The summed E-state index contributed by atoms with van der Waals surface area (Å²) >= 11 is 0. The molecular formula is C38H46O13. The third kappa shape index (κ3) is 5.75. The maximum atomic E-state index is 13.8. The number of aliphatic hydroxyl groups is 5. The minimum Gasteiger partial charge on any atom is -0.459 e. The van der Waals surface area contributed by atoms with Crippen LogP contribution in [0.1, 0.15) is 68.7 Å². The van der Waals surface area contributed by atoms with Crippen LogP contribution in [0.25, 0.3) is 0 Å². The summed E-state index contributed by atoms with van der Waals surface area (Å²) in [5.41, 5.74) is -10.00. The fourth-order valence-electron chi connectivity index (χ4n) is 9.01. The molecule has 0 radical (unpaired) electrons. The number of ether oxygens (including phenoxy) is 4. The van der Waals surface area contributed by atoms with Crippen molar-refractivity contribution in [1.29, 1.82) is 0 Å². The van der Waals surface area contributed by atoms with Crippen molar-refractivity contribution in [2.75, 3.05) is 0 Å². The number of hydrogen-bond acceptors (Lipinski definition) is 13. The molecule has 276 valence electrons. The molecule has 3 aliphatic rings. The van der Waals surface area contributed by atoms with Crippen LogP contribution in [0.3, 0.4) is 0 Å². The first-order valence-corrected chi connectivity index (χ1v) is 16.9. The summed E-state index contributed by atoms with van der Waals surface area (Å²) in [6.45, 7) is 11.6. The van der Waals surface area contributed by atoms with E-state index >= 15 is 0 Å². The van der Waals surface area contributed by atoms with Gasteiger partial charge in [0.1, 0.15) is 30.0 Å².